The number of ether oxygens (including phenoxy) is 1. The molecule has 0 saturated heterocycles. The molecule has 0 spiro atoms. The van der Waals surface area contributed by atoms with Crippen LogP contribution in [0.1, 0.15) is 19.5 Å². The summed E-state index contributed by atoms with van der Waals surface area (Å²) in [6, 6.07) is 9.04. The molecular weight excluding hydrogens is 320 g/mol. The van der Waals surface area contributed by atoms with Crippen molar-refractivity contribution in [2.45, 2.75) is 18.1 Å². The molecule has 7 heteroatoms. The zero-order chi connectivity index (χ0) is 16.3. The van der Waals surface area contributed by atoms with Crippen LogP contribution < -0.4 is 4.74 Å². The fourth-order valence-corrected chi connectivity index (χ4v) is 5.09. The Morgan fingerprint density at radius 2 is 2.14 bits per heavy atom. The Balaban J connectivity index is 2.52. The molecule has 1 heterocycles. The van der Waals surface area contributed by atoms with E-state index in [2.05, 4.69) is 4.98 Å². The van der Waals surface area contributed by atoms with Crippen molar-refractivity contribution in [1.82, 2.24) is 4.98 Å². The van der Waals surface area contributed by atoms with Crippen LogP contribution in [0.4, 0.5) is 0 Å². The van der Waals surface area contributed by atoms with Crippen molar-refractivity contribution in [3.63, 3.8) is 0 Å². The van der Waals surface area contributed by atoms with E-state index in [1.54, 1.807) is 31.4 Å². The summed E-state index contributed by atoms with van der Waals surface area (Å²) in [5.41, 5.74) is 0.690. The quantitative estimate of drug-likeness (QED) is 0.838. The van der Waals surface area contributed by atoms with Crippen LogP contribution in [0.15, 0.2) is 28.5 Å². The number of methoxy groups -OCH3 is 1. The van der Waals surface area contributed by atoms with E-state index >= 15 is 0 Å². The van der Waals surface area contributed by atoms with Crippen molar-refractivity contribution >= 4 is 21.2 Å². The molecule has 1 aromatic carbocycles. The summed E-state index contributed by atoms with van der Waals surface area (Å²) < 4.78 is 30.0. The Morgan fingerprint density at radius 1 is 1.41 bits per heavy atom. The SMILES string of the molecule is COc1cccc(-c2nc(C#N)c(S(=O)(=O)CC(C)C)s2)c1. The highest BCUT2D eigenvalue weighted by molar-refractivity contribution is 7.93. The average molecular weight is 336 g/mol. The standard InChI is InChI=1S/C15H16N2O3S2/c1-10(2)9-22(18,19)15-13(8-16)17-14(21-15)11-5-4-6-12(7-11)20-3/h4-7,10H,9H2,1-3H3. The molecule has 0 radical (unpaired) electrons. The van der Waals surface area contributed by atoms with Crippen molar-refractivity contribution in [3.8, 4) is 22.4 Å². The van der Waals surface area contributed by atoms with Crippen LogP contribution in [-0.2, 0) is 9.84 Å². The maximum absolute atomic E-state index is 12.4. The predicted molar refractivity (Wildman–Crippen MR) is 85.7 cm³/mol. The molecule has 0 atom stereocenters. The maximum Gasteiger partial charge on any atom is 0.190 e. The minimum Gasteiger partial charge on any atom is -0.497 e. The van der Waals surface area contributed by atoms with Crippen LogP contribution in [-0.4, -0.2) is 26.3 Å². The highest BCUT2D eigenvalue weighted by atomic mass is 32.2. The number of rotatable bonds is 5. The van der Waals surface area contributed by atoms with Gasteiger partial charge in [-0.2, -0.15) is 5.26 Å². The molecule has 0 fully saturated rings. The highest BCUT2D eigenvalue weighted by Gasteiger charge is 2.25. The molecule has 5 nitrogen and oxygen atoms in total. The minimum atomic E-state index is -3.50. The molecule has 0 aliphatic carbocycles. The van der Waals surface area contributed by atoms with Crippen molar-refractivity contribution < 1.29 is 13.2 Å². The van der Waals surface area contributed by atoms with Gasteiger partial charge in [0.25, 0.3) is 0 Å². The smallest absolute Gasteiger partial charge is 0.190 e. The molecule has 0 unspecified atom stereocenters. The first-order valence-electron chi connectivity index (χ1n) is 6.65. The Labute approximate surface area is 134 Å². The maximum atomic E-state index is 12.4. The lowest BCUT2D eigenvalue weighted by Gasteiger charge is -2.04. The molecule has 1 aromatic heterocycles. The predicted octanol–water partition coefficient (Wildman–Crippen LogP) is 3.12. The van der Waals surface area contributed by atoms with Crippen LogP contribution in [0, 0.1) is 17.2 Å². The summed E-state index contributed by atoms with van der Waals surface area (Å²) in [6.45, 7) is 3.65. The van der Waals surface area contributed by atoms with Crippen LogP contribution in [0.5, 0.6) is 5.75 Å². The van der Waals surface area contributed by atoms with Gasteiger partial charge in [-0.1, -0.05) is 26.0 Å². The largest absolute Gasteiger partial charge is 0.497 e. The van der Waals surface area contributed by atoms with Gasteiger partial charge < -0.3 is 4.74 Å². The first kappa shape index (κ1) is 16.5. The monoisotopic (exact) mass is 336 g/mol. The minimum absolute atomic E-state index is 0.00141. The molecule has 2 rings (SSSR count). The van der Waals surface area contributed by atoms with Crippen LogP contribution in [0.2, 0.25) is 0 Å². The van der Waals surface area contributed by atoms with E-state index in [9.17, 15) is 13.7 Å². The van der Waals surface area contributed by atoms with Crippen LogP contribution in [0.3, 0.4) is 0 Å². The van der Waals surface area contributed by atoms with E-state index in [0.717, 1.165) is 16.9 Å². The molecule has 2 aromatic rings. The first-order chi connectivity index (χ1) is 10.4. The van der Waals surface area contributed by atoms with Gasteiger partial charge in [-0.25, -0.2) is 13.4 Å². The van der Waals surface area contributed by atoms with Gasteiger partial charge in [0.15, 0.2) is 19.7 Å². The van der Waals surface area contributed by atoms with Gasteiger partial charge in [-0.3, -0.25) is 0 Å². The highest BCUT2D eigenvalue weighted by Crippen LogP contribution is 2.33. The van der Waals surface area contributed by atoms with Gasteiger partial charge in [0.05, 0.1) is 12.9 Å². The Bertz CT molecular complexity index is 818. The van der Waals surface area contributed by atoms with Crippen molar-refractivity contribution in [2.24, 2.45) is 5.92 Å². The number of nitriles is 1. The molecule has 0 N–H and O–H groups in total. The Hall–Kier alpha value is -1.91. The fraction of sp³-hybridized carbons (Fsp3) is 0.333. The van der Waals surface area contributed by atoms with Gasteiger partial charge >= 0.3 is 0 Å². The number of nitrogens with zero attached hydrogens (tertiary/aromatic N) is 2. The Morgan fingerprint density at radius 3 is 2.73 bits per heavy atom. The molecule has 0 bridgehead atoms. The van der Waals surface area contributed by atoms with E-state index in [0.29, 0.717) is 10.8 Å². The van der Waals surface area contributed by atoms with E-state index in [-0.39, 0.29) is 21.6 Å². The first-order valence-corrected chi connectivity index (χ1v) is 9.12. The van der Waals surface area contributed by atoms with Gasteiger partial charge in [-0.15, -0.1) is 11.3 Å². The molecule has 22 heavy (non-hydrogen) atoms. The zero-order valence-corrected chi connectivity index (χ0v) is 14.2. The Kier molecular flexibility index (Phi) is 4.84. The second-order valence-electron chi connectivity index (χ2n) is 5.17. The summed E-state index contributed by atoms with van der Waals surface area (Å²) in [6.07, 6.45) is 0. The lowest BCUT2D eigenvalue weighted by molar-refractivity contribution is 0.415. The van der Waals surface area contributed by atoms with Crippen molar-refractivity contribution in [2.75, 3.05) is 12.9 Å². The third-order valence-electron chi connectivity index (χ3n) is 2.85. The third kappa shape index (κ3) is 3.46. The topological polar surface area (TPSA) is 80.0 Å². The number of hydrogen-bond acceptors (Lipinski definition) is 6. The number of aromatic nitrogens is 1. The molecule has 0 aliphatic heterocycles. The van der Waals surface area contributed by atoms with Crippen LogP contribution >= 0.6 is 11.3 Å². The summed E-state index contributed by atoms with van der Waals surface area (Å²) in [5, 5.41) is 9.68. The number of sulfone groups is 1. The molecular formula is C15H16N2O3S2. The number of benzene rings is 1. The third-order valence-corrected chi connectivity index (χ3v) is 6.63. The van der Waals surface area contributed by atoms with Gasteiger partial charge in [-0.05, 0) is 18.1 Å². The summed E-state index contributed by atoms with van der Waals surface area (Å²) in [7, 11) is -1.95. The normalized spacial score (nSPS) is 11.4. The van der Waals surface area contributed by atoms with E-state index in [1.165, 1.54) is 0 Å². The molecule has 116 valence electrons. The van der Waals surface area contributed by atoms with Gasteiger partial charge in [0, 0.05) is 5.56 Å². The number of thiazole rings is 1. The second-order valence-corrected chi connectivity index (χ2v) is 8.40. The lowest BCUT2D eigenvalue weighted by Crippen LogP contribution is -2.11. The number of hydrogen-bond donors (Lipinski definition) is 0. The van der Waals surface area contributed by atoms with Gasteiger partial charge in [0.1, 0.15) is 16.8 Å². The van der Waals surface area contributed by atoms with E-state index in [1.807, 2.05) is 19.9 Å². The molecule has 0 aliphatic rings. The molecule has 0 amide bonds. The summed E-state index contributed by atoms with van der Waals surface area (Å²) >= 11 is 1.03. The van der Waals surface area contributed by atoms with E-state index in [4.69, 9.17) is 4.74 Å². The summed E-state index contributed by atoms with van der Waals surface area (Å²) in [5.74, 6) is 0.637. The zero-order valence-electron chi connectivity index (χ0n) is 12.5. The average Bonchev–Trinajstić information content (AvgIpc) is 2.91. The fourth-order valence-electron chi connectivity index (χ4n) is 1.98. The lowest BCUT2D eigenvalue weighted by atomic mass is 10.2. The van der Waals surface area contributed by atoms with Crippen molar-refractivity contribution in [3.05, 3.63) is 30.0 Å². The van der Waals surface area contributed by atoms with Gasteiger partial charge in [0.2, 0.25) is 0 Å². The molecule has 0 saturated carbocycles. The van der Waals surface area contributed by atoms with Crippen LogP contribution in [0.25, 0.3) is 10.6 Å². The van der Waals surface area contributed by atoms with Crippen molar-refractivity contribution in [1.29, 1.82) is 5.26 Å². The summed E-state index contributed by atoms with van der Waals surface area (Å²) in [4.78, 5) is 4.17. The van der Waals surface area contributed by atoms with E-state index < -0.39 is 9.84 Å². The second kappa shape index (κ2) is 6.46.